The Labute approximate surface area is 82.7 Å². The first-order valence-corrected chi connectivity index (χ1v) is 5.24. The molecule has 0 amide bonds. The second kappa shape index (κ2) is 8.27. The second-order valence-electron chi connectivity index (χ2n) is 2.30. The summed E-state index contributed by atoms with van der Waals surface area (Å²) in [6, 6.07) is 0. The van der Waals surface area contributed by atoms with Crippen molar-refractivity contribution in [3.63, 3.8) is 0 Å². The Hall–Kier alpha value is 0.170. The van der Waals surface area contributed by atoms with Crippen molar-refractivity contribution in [3.8, 4) is 0 Å². The van der Waals surface area contributed by atoms with Gasteiger partial charge in [-0.05, 0) is 6.42 Å². The summed E-state index contributed by atoms with van der Waals surface area (Å²) in [5.41, 5.74) is 0. The molecule has 0 N–H and O–H groups in total. The van der Waals surface area contributed by atoms with Crippen LogP contribution in [-0.2, 0) is 4.74 Å². The average Bonchev–Trinajstić information content (AvgIpc) is 2.03. The molecular weight excluding hydrogens is 251 g/mol. The van der Waals surface area contributed by atoms with E-state index in [1.807, 2.05) is 6.08 Å². The van der Waals surface area contributed by atoms with E-state index >= 15 is 0 Å². The van der Waals surface area contributed by atoms with E-state index in [4.69, 9.17) is 4.74 Å². The third-order valence-electron chi connectivity index (χ3n) is 1.38. The third kappa shape index (κ3) is 6.56. The number of halogens is 1. The minimum atomic E-state index is 0.506. The lowest BCUT2D eigenvalue weighted by Crippen LogP contribution is -2.07. The molecule has 0 spiro atoms. The first-order valence-electron chi connectivity index (χ1n) is 3.72. The standard InChI is InChI=1S/C9H15IO/c1-3-7-11-8-9(4-2)5-6-10/h3-4,9H,1-2,5-8H2. The molecular formula is C9H15IO. The van der Waals surface area contributed by atoms with Crippen LogP contribution in [0.5, 0.6) is 0 Å². The summed E-state index contributed by atoms with van der Waals surface area (Å²) < 4.78 is 6.45. The van der Waals surface area contributed by atoms with Crippen molar-refractivity contribution in [1.29, 1.82) is 0 Å². The van der Waals surface area contributed by atoms with Crippen LogP contribution < -0.4 is 0 Å². The van der Waals surface area contributed by atoms with Gasteiger partial charge in [0.25, 0.3) is 0 Å². The molecule has 11 heavy (non-hydrogen) atoms. The van der Waals surface area contributed by atoms with Crippen molar-refractivity contribution in [1.82, 2.24) is 0 Å². The molecule has 64 valence electrons. The predicted octanol–water partition coefficient (Wildman–Crippen LogP) is 2.82. The van der Waals surface area contributed by atoms with Gasteiger partial charge in [0.05, 0.1) is 13.2 Å². The largest absolute Gasteiger partial charge is 0.377 e. The number of hydrogen-bond donors (Lipinski definition) is 0. The highest BCUT2D eigenvalue weighted by Gasteiger charge is 2.01. The van der Waals surface area contributed by atoms with Crippen LogP contribution in [0.25, 0.3) is 0 Å². The minimum Gasteiger partial charge on any atom is -0.377 e. The zero-order chi connectivity index (χ0) is 8.53. The summed E-state index contributed by atoms with van der Waals surface area (Å²) >= 11 is 2.36. The molecule has 2 heteroatoms. The summed E-state index contributed by atoms with van der Waals surface area (Å²) in [6.07, 6.45) is 4.88. The van der Waals surface area contributed by atoms with Crippen LogP contribution in [0.3, 0.4) is 0 Å². The zero-order valence-corrected chi connectivity index (χ0v) is 8.92. The highest BCUT2D eigenvalue weighted by molar-refractivity contribution is 14.1. The van der Waals surface area contributed by atoms with Crippen LogP contribution in [0, 0.1) is 5.92 Å². The van der Waals surface area contributed by atoms with Gasteiger partial charge in [0.2, 0.25) is 0 Å². The highest BCUT2D eigenvalue weighted by Crippen LogP contribution is 2.06. The molecule has 0 radical (unpaired) electrons. The van der Waals surface area contributed by atoms with E-state index in [0.29, 0.717) is 12.5 Å². The first-order chi connectivity index (χ1) is 5.35. The Balaban J connectivity index is 3.34. The molecule has 0 rings (SSSR count). The minimum absolute atomic E-state index is 0.506. The number of alkyl halides is 1. The predicted molar refractivity (Wildman–Crippen MR) is 58.2 cm³/mol. The van der Waals surface area contributed by atoms with E-state index in [9.17, 15) is 0 Å². The Morgan fingerprint density at radius 1 is 1.45 bits per heavy atom. The maximum atomic E-state index is 5.30. The van der Waals surface area contributed by atoms with Crippen molar-refractivity contribution in [2.45, 2.75) is 6.42 Å². The molecule has 1 nitrogen and oxygen atoms in total. The lowest BCUT2D eigenvalue weighted by Gasteiger charge is -2.09. The molecule has 0 saturated carbocycles. The van der Waals surface area contributed by atoms with Gasteiger partial charge in [-0.25, -0.2) is 0 Å². The Bertz CT molecular complexity index is 112. The van der Waals surface area contributed by atoms with Crippen molar-refractivity contribution >= 4 is 22.6 Å². The monoisotopic (exact) mass is 266 g/mol. The van der Waals surface area contributed by atoms with Crippen LogP contribution in [0.4, 0.5) is 0 Å². The normalized spacial score (nSPS) is 12.5. The van der Waals surface area contributed by atoms with E-state index in [1.165, 1.54) is 0 Å². The van der Waals surface area contributed by atoms with Crippen molar-refractivity contribution in [2.24, 2.45) is 5.92 Å². The molecule has 0 aromatic heterocycles. The first kappa shape index (κ1) is 11.2. The molecule has 0 saturated heterocycles. The second-order valence-corrected chi connectivity index (χ2v) is 3.38. The molecule has 0 heterocycles. The van der Waals surface area contributed by atoms with Crippen molar-refractivity contribution in [2.75, 3.05) is 17.6 Å². The molecule has 0 aromatic rings. The summed E-state index contributed by atoms with van der Waals surface area (Å²) in [4.78, 5) is 0. The van der Waals surface area contributed by atoms with E-state index in [2.05, 4.69) is 35.7 Å². The molecule has 0 bridgehead atoms. The summed E-state index contributed by atoms with van der Waals surface area (Å²) in [5, 5.41) is 0. The van der Waals surface area contributed by atoms with E-state index in [-0.39, 0.29) is 0 Å². The van der Waals surface area contributed by atoms with Crippen LogP contribution >= 0.6 is 22.6 Å². The molecule has 1 unspecified atom stereocenters. The molecule has 0 aliphatic heterocycles. The number of ether oxygens (including phenoxy) is 1. The zero-order valence-electron chi connectivity index (χ0n) is 6.76. The fraction of sp³-hybridized carbons (Fsp3) is 0.556. The fourth-order valence-corrected chi connectivity index (χ4v) is 1.51. The van der Waals surface area contributed by atoms with E-state index < -0.39 is 0 Å². The van der Waals surface area contributed by atoms with Gasteiger partial charge in [0, 0.05) is 10.3 Å². The maximum Gasteiger partial charge on any atom is 0.0645 e. The molecule has 0 aromatic carbocycles. The van der Waals surface area contributed by atoms with Crippen LogP contribution in [-0.4, -0.2) is 17.6 Å². The molecule has 0 aliphatic rings. The van der Waals surface area contributed by atoms with Crippen LogP contribution in [0.15, 0.2) is 25.3 Å². The lowest BCUT2D eigenvalue weighted by atomic mass is 10.1. The van der Waals surface area contributed by atoms with Gasteiger partial charge in [-0.2, -0.15) is 0 Å². The van der Waals surface area contributed by atoms with Crippen LogP contribution in [0.2, 0.25) is 0 Å². The van der Waals surface area contributed by atoms with Gasteiger partial charge in [0.1, 0.15) is 0 Å². The highest BCUT2D eigenvalue weighted by atomic mass is 127. The third-order valence-corrected chi connectivity index (χ3v) is 2.00. The summed E-state index contributed by atoms with van der Waals surface area (Å²) in [6.45, 7) is 8.75. The van der Waals surface area contributed by atoms with Crippen LogP contribution in [0.1, 0.15) is 6.42 Å². The Morgan fingerprint density at radius 2 is 2.18 bits per heavy atom. The van der Waals surface area contributed by atoms with E-state index in [1.54, 1.807) is 6.08 Å². The topological polar surface area (TPSA) is 9.23 Å². The van der Waals surface area contributed by atoms with Gasteiger partial charge in [-0.3, -0.25) is 0 Å². The average molecular weight is 266 g/mol. The van der Waals surface area contributed by atoms with Gasteiger partial charge in [-0.1, -0.05) is 34.7 Å². The SMILES string of the molecule is C=CCOCC(C=C)CCI. The van der Waals surface area contributed by atoms with Gasteiger partial charge in [0.15, 0.2) is 0 Å². The van der Waals surface area contributed by atoms with Gasteiger partial charge >= 0.3 is 0 Å². The molecule has 0 aliphatic carbocycles. The molecule has 0 fully saturated rings. The summed E-state index contributed by atoms with van der Waals surface area (Å²) in [5.74, 6) is 0.506. The molecule has 1 atom stereocenters. The van der Waals surface area contributed by atoms with Crippen molar-refractivity contribution < 1.29 is 4.74 Å². The number of rotatable bonds is 7. The fourth-order valence-electron chi connectivity index (χ4n) is 0.712. The Kier molecular flexibility index (Phi) is 8.40. The number of hydrogen-bond acceptors (Lipinski definition) is 1. The quantitative estimate of drug-likeness (QED) is 0.298. The van der Waals surface area contributed by atoms with Gasteiger partial charge in [-0.15, -0.1) is 13.2 Å². The van der Waals surface area contributed by atoms with E-state index in [0.717, 1.165) is 17.5 Å². The Morgan fingerprint density at radius 3 is 2.64 bits per heavy atom. The van der Waals surface area contributed by atoms with Gasteiger partial charge < -0.3 is 4.74 Å². The summed E-state index contributed by atoms with van der Waals surface area (Å²) in [7, 11) is 0. The van der Waals surface area contributed by atoms with Crippen molar-refractivity contribution in [3.05, 3.63) is 25.3 Å². The maximum absolute atomic E-state index is 5.30. The lowest BCUT2D eigenvalue weighted by molar-refractivity contribution is 0.137. The smallest absolute Gasteiger partial charge is 0.0645 e.